The minimum absolute atomic E-state index is 0.431. The summed E-state index contributed by atoms with van der Waals surface area (Å²) in [6, 6.07) is 8.53. The van der Waals surface area contributed by atoms with E-state index in [1.807, 2.05) is 7.05 Å². The third kappa shape index (κ3) is 2.89. The van der Waals surface area contributed by atoms with E-state index in [0.29, 0.717) is 11.3 Å². The number of hydrogen-bond acceptors (Lipinski definition) is 2. The van der Waals surface area contributed by atoms with E-state index in [4.69, 9.17) is 0 Å². The van der Waals surface area contributed by atoms with Crippen molar-refractivity contribution >= 4 is 21.6 Å². The van der Waals surface area contributed by atoms with Crippen LogP contribution in [-0.2, 0) is 0 Å². The van der Waals surface area contributed by atoms with Crippen LogP contribution in [0.3, 0.4) is 0 Å². The standard InChI is InChI=1S/C15H23BrN2/c1-15(2)8-9-18(11-12(15)10-17-3)14-7-5-4-6-13(14)16/h4-7,12,17H,8-11H2,1-3H3. The van der Waals surface area contributed by atoms with Gasteiger partial charge in [-0.15, -0.1) is 0 Å². The first-order valence-corrected chi connectivity index (χ1v) is 7.48. The number of hydrogen-bond donors (Lipinski definition) is 1. The minimum Gasteiger partial charge on any atom is -0.370 e. The van der Waals surface area contributed by atoms with Crippen LogP contribution in [0.25, 0.3) is 0 Å². The molecule has 2 nitrogen and oxygen atoms in total. The summed E-state index contributed by atoms with van der Waals surface area (Å²) < 4.78 is 1.20. The first-order chi connectivity index (χ1) is 8.54. The predicted octanol–water partition coefficient (Wildman–Crippen LogP) is 3.52. The molecule has 0 aromatic heterocycles. The van der Waals surface area contributed by atoms with Crippen LogP contribution in [0.5, 0.6) is 0 Å². The van der Waals surface area contributed by atoms with Crippen molar-refractivity contribution in [3.63, 3.8) is 0 Å². The lowest BCUT2D eigenvalue weighted by molar-refractivity contribution is 0.169. The van der Waals surface area contributed by atoms with Crippen molar-refractivity contribution < 1.29 is 0 Å². The Bertz CT molecular complexity index is 403. The zero-order valence-corrected chi connectivity index (χ0v) is 13.1. The fourth-order valence-corrected chi connectivity index (χ4v) is 3.28. The first-order valence-electron chi connectivity index (χ1n) is 6.68. The van der Waals surface area contributed by atoms with Crippen LogP contribution in [0.15, 0.2) is 28.7 Å². The maximum absolute atomic E-state index is 3.66. The molecule has 1 saturated heterocycles. The average molecular weight is 311 g/mol. The second-order valence-electron chi connectivity index (χ2n) is 5.89. The van der Waals surface area contributed by atoms with Crippen LogP contribution < -0.4 is 10.2 Å². The summed E-state index contributed by atoms with van der Waals surface area (Å²) in [6.07, 6.45) is 1.25. The third-order valence-electron chi connectivity index (χ3n) is 4.22. The van der Waals surface area contributed by atoms with Crippen molar-refractivity contribution in [2.45, 2.75) is 20.3 Å². The van der Waals surface area contributed by atoms with Gasteiger partial charge in [-0.05, 0) is 59.4 Å². The number of halogens is 1. The monoisotopic (exact) mass is 310 g/mol. The molecule has 1 aliphatic rings. The van der Waals surface area contributed by atoms with Crippen LogP contribution in [0, 0.1) is 11.3 Å². The van der Waals surface area contributed by atoms with E-state index in [-0.39, 0.29) is 0 Å². The number of piperidine rings is 1. The van der Waals surface area contributed by atoms with Gasteiger partial charge < -0.3 is 10.2 Å². The Morgan fingerprint density at radius 2 is 2.11 bits per heavy atom. The lowest BCUT2D eigenvalue weighted by Crippen LogP contribution is -2.48. The molecule has 0 amide bonds. The van der Waals surface area contributed by atoms with Crippen molar-refractivity contribution in [1.82, 2.24) is 5.32 Å². The van der Waals surface area contributed by atoms with E-state index < -0.39 is 0 Å². The summed E-state index contributed by atoms with van der Waals surface area (Å²) >= 11 is 3.66. The highest BCUT2D eigenvalue weighted by Crippen LogP contribution is 2.38. The van der Waals surface area contributed by atoms with Crippen LogP contribution in [0.2, 0.25) is 0 Å². The Morgan fingerprint density at radius 3 is 2.78 bits per heavy atom. The van der Waals surface area contributed by atoms with Crippen molar-refractivity contribution in [1.29, 1.82) is 0 Å². The predicted molar refractivity (Wildman–Crippen MR) is 82.2 cm³/mol. The van der Waals surface area contributed by atoms with E-state index in [2.05, 4.69) is 64.3 Å². The van der Waals surface area contributed by atoms with Gasteiger partial charge >= 0.3 is 0 Å². The highest BCUT2D eigenvalue weighted by Gasteiger charge is 2.35. The number of benzene rings is 1. The van der Waals surface area contributed by atoms with Gasteiger partial charge in [-0.1, -0.05) is 26.0 Å². The largest absolute Gasteiger partial charge is 0.370 e. The van der Waals surface area contributed by atoms with Crippen molar-refractivity contribution in [3.8, 4) is 0 Å². The van der Waals surface area contributed by atoms with Crippen LogP contribution in [0.4, 0.5) is 5.69 Å². The molecule has 0 spiro atoms. The molecular weight excluding hydrogens is 288 g/mol. The Hall–Kier alpha value is -0.540. The molecule has 1 heterocycles. The fraction of sp³-hybridized carbons (Fsp3) is 0.600. The lowest BCUT2D eigenvalue weighted by Gasteiger charge is -2.45. The highest BCUT2D eigenvalue weighted by molar-refractivity contribution is 9.10. The maximum atomic E-state index is 3.66. The average Bonchev–Trinajstić information content (AvgIpc) is 2.33. The second-order valence-corrected chi connectivity index (χ2v) is 6.74. The topological polar surface area (TPSA) is 15.3 Å². The van der Waals surface area contributed by atoms with Crippen molar-refractivity contribution in [2.24, 2.45) is 11.3 Å². The van der Waals surface area contributed by atoms with Crippen LogP contribution >= 0.6 is 15.9 Å². The van der Waals surface area contributed by atoms with E-state index in [1.165, 1.54) is 16.6 Å². The van der Waals surface area contributed by atoms with Crippen molar-refractivity contribution in [2.75, 3.05) is 31.6 Å². The van der Waals surface area contributed by atoms with E-state index >= 15 is 0 Å². The van der Waals surface area contributed by atoms with E-state index in [9.17, 15) is 0 Å². The van der Waals surface area contributed by atoms with Gasteiger partial charge in [0.2, 0.25) is 0 Å². The number of rotatable bonds is 3. The molecule has 1 fully saturated rings. The quantitative estimate of drug-likeness (QED) is 0.919. The second kappa shape index (κ2) is 5.62. The molecule has 2 rings (SSSR count). The molecular formula is C15H23BrN2. The molecule has 100 valence electrons. The van der Waals surface area contributed by atoms with Crippen LogP contribution in [0.1, 0.15) is 20.3 Å². The summed E-state index contributed by atoms with van der Waals surface area (Å²) in [5.74, 6) is 0.698. The number of para-hydroxylation sites is 1. The highest BCUT2D eigenvalue weighted by atomic mass is 79.9. The SMILES string of the molecule is CNCC1CN(c2ccccc2Br)CCC1(C)C. The molecule has 1 unspecified atom stereocenters. The molecule has 1 N–H and O–H groups in total. The van der Waals surface area contributed by atoms with E-state index in [1.54, 1.807) is 0 Å². The fourth-order valence-electron chi connectivity index (χ4n) is 2.75. The van der Waals surface area contributed by atoms with Crippen LogP contribution in [-0.4, -0.2) is 26.7 Å². The Morgan fingerprint density at radius 1 is 1.39 bits per heavy atom. The molecule has 0 bridgehead atoms. The normalized spacial score (nSPS) is 23.1. The summed E-state index contributed by atoms with van der Waals surface area (Å²) in [7, 11) is 2.05. The Kier molecular flexibility index (Phi) is 4.33. The summed E-state index contributed by atoms with van der Waals surface area (Å²) in [4.78, 5) is 2.51. The maximum Gasteiger partial charge on any atom is 0.0510 e. The molecule has 18 heavy (non-hydrogen) atoms. The van der Waals surface area contributed by atoms with E-state index in [0.717, 1.165) is 19.6 Å². The summed E-state index contributed by atoms with van der Waals surface area (Å²) in [5.41, 5.74) is 1.76. The van der Waals surface area contributed by atoms with Gasteiger partial charge in [0.1, 0.15) is 0 Å². The van der Waals surface area contributed by atoms with Gasteiger partial charge in [0, 0.05) is 17.6 Å². The molecule has 3 heteroatoms. The lowest BCUT2D eigenvalue weighted by atomic mass is 9.73. The van der Waals surface area contributed by atoms with Gasteiger partial charge in [-0.3, -0.25) is 0 Å². The molecule has 0 radical (unpaired) electrons. The molecule has 1 aliphatic heterocycles. The molecule has 1 atom stereocenters. The number of nitrogens with zero attached hydrogens (tertiary/aromatic N) is 1. The third-order valence-corrected chi connectivity index (χ3v) is 4.89. The zero-order chi connectivity index (χ0) is 13.2. The first kappa shape index (κ1) is 13.9. The minimum atomic E-state index is 0.431. The molecule has 0 saturated carbocycles. The molecule has 0 aliphatic carbocycles. The van der Waals surface area contributed by atoms with Gasteiger partial charge in [-0.25, -0.2) is 0 Å². The summed E-state index contributed by atoms with van der Waals surface area (Å²) in [5, 5.41) is 3.34. The molecule has 1 aromatic rings. The number of anilines is 1. The van der Waals surface area contributed by atoms with Gasteiger partial charge in [0.15, 0.2) is 0 Å². The van der Waals surface area contributed by atoms with Crippen molar-refractivity contribution in [3.05, 3.63) is 28.7 Å². The summed E-state index contributed by atoms with van der Waals surface area (Å²) in [6.45, 7) is 8.17. The Balaban J connectivity index is 2.16. The molecule has 1 aromatic carbocycles. The van der Waals surface area contributed by atoms with Gasteiger partial charge in [0.25, 0.3) is 0 Å². The smallest absolute Gasteiger partial charge is 0.0510 e. The van der Waals surface area contributed by atoms with Gasteiger partial charge in [0.05, 0.1) is 5.69 Å². The zero-order valence-electron chi connectivity index (χ0n) is 11.5. The number of nitrogens with one attached hydrogen (secondary N) is 1. The Labute approximate surface area is 119 Å². The van der Waals surface area contributed by atoms with Gasteiger partial charge in [-0.2, -0.15) is 0 Å².